The van der Waals surface area contributed by atoms with Gasteiger partial charge in [0.2, 0.25) is 5.89 Å². The number of oxazole rings is 1. The lowest BCUT2D eigenvalue weighted by Gasteiger charge is -2.30. The Morgan fingerprint density at radius 2 is 1.63 bits per heavy atom. The van der Waals surface area contributed by atoms with Crippen molar-refractivity contribution in [1.29, 1.82) is 0 Å². The molecule has 0 unspecified atom stereocenters. The van der Waals surface area contributed by atoms with Crippen LogP contribution in [0.5, 0.6) is 0 Å². The Morgan fingerprint density at radius 3 is 2.20 bits per heavy atom. The molecule has 1 aromatic carbocycles. The van der Waals surface area contributed by atoms with Gasteiger partial charge in [0.05, 0.1) is 10.6 Å². The molecule has 3 rings (SSSR count). The van der Waals surface area contributed by atoms with Crippen LogP contribution < -0.4 is 0 Å². The number of benzene rings is 1. The summed E-state index contributed by atoms with van der Waals surface area (Å²) in [5, 5.41) is 0. The number of hydrogen-bond acceptors (Lipinski definition) is 5. The standard InChI is InChI=1S/C17H11F7N2O3S/c1-2-30(27,28)12-4-3-7-25-13(12)14-26-10-6-5-9(8-11(10)29-14)15(18,16(19,20)21)17(22,23)24/h3-8H,2H2,1H3. The predicted molar refractivity (Wildman–Crippen MR) is 89.9 cm³/mol. The van der Waals surface area contributed by atoms with Crippen LogP contribution in [0.4, 0.5) is 30.7 Å². The molecule has 0 radical (unpaired) electrons. The highest BCUT2D eigenvalue weighted by atomic mass is 32.2. The molecule has 5 nitrogen and oxygen atoms in total. The van der Waals surface area contributed by atoms with Gasteiger partial charge in [-0.3, -0.25) is 0 Å². The fourth-order valence-corrected chi connectivity index (χ4v) is 3.72. The summed E-state index contributed by atoms with van der Waals surface area (Å²) < 4.78 is 122. The molecular formula is C17H11F7N2O3S. The van der Waals surface area contributed by atoms with E-state index in [9.17, 15) is 39.2 Å². The first-order chi connectivity index (χ1) is 13.7. The van der Waals surface area contributed by atoms with Gasteiger partial charge in [-0.15, -0.1) is 0 Å². The molecule has 0 atom stereocenters. The van der Waals surface area contributed by atoms with Crippen molar-refractivity contribution in [1.82, 2.24) is 9.97 Å². The van der Waals surface area contributed by atoms with E-state index in [0.717, 1.165) is 0 Å². The van der Waals surface area contributed by atoms with Crippen LogP contribution in [0.1, 0.15) is 12.5 Å². The zero-order chi connectivity index (χ0) is 22.5. The van der Waals surface area contributed by atoms with Crippen molar-refractivity contribution < 1.29 is 43.6 Å². The van der Waals surface area contributed by atoms with E-state index in [1.54, 1.807) is 0 Å². The number of fused-ring (bicyclic) bond motifs is 1. The molecule has 0 aliphatic heterocycles. The third kappa shape index (κ3) is 3.40. The summed E-state index contributed by atoms with van der Waals surface area (Å²) >= 11 is 0. The molecule has 162 valence electrons. The Morgan fingerprint density at radius 1 is 1.00 bits per heavy atom. The molecule has 0 amide bonds. The van der Waals surface area contributed by atoms with Gasteiger partial charge in [0, 0.05) is 11.8 Å². The maximum absolute atomic E-state index is 14.3. The second-order valence-corrected chi connectivity index (χ2v) is 8.36. The Labute approximate surface area is 164 Å². The lowest BCUT2D eigenvalue weighted by Crippen LogP contribution is -2.50. The largest absolute Gasteiger partial charge is 0.435 e. The lowest BCUT2D eigenvalue weighted by atomic mass is 9.94. The van der Waals surface area contributed by atoms with Crippen molar-refractivity contribution in [2.45, 2.75) is 29.8 Å². The number of aromatic nitrogens is 2. The van der Waals surface area contributed by atoms with Gasteiger partial charge in [0.15, 0.2) is 15.4 Å². The normalized spacial score (nSPS) is 13.7. The van der Waals surface area contributed by atoms with Gasteiger partial charge in [-0.25, -0.2) is 22.8 Å². The van der Waals surface area contributed by atoms with Gasteiger partial charge in [-0.2, -0.15) is 26.3 Å². The van der Waals surface area contributed by atoms with Gasteiger partial charge >= 0.3 is 18.0 Å². The van der Waals surface area contributed by atoms with E-state index in [4.69, 9.17) is 4.42 Å². The monoisotopic (exact) mass is 456 g/mol. The van der Waals surface area contributed by atoms with E-state index in [0.29, 0.717) is 6.07 Å². The molecule has 0 N–H and O–H groups in total. The lowest BCUT2D eigenvalue weighted by molar-refractivity contribution is -0.348. The summed E-state index contributed by atoms with van der Waals surface area (Å²) in [5.41, 5.74) is -8.49. The molecule has 3 aromatic rings. The van der Waals surface area contributed by atoms with Crippen molar-refractivity contribution in [3.63, 3.8) is 0 Å². The molecule has 13 heteroatoms. The summed E-state index contributed by atoms with van der Waals surface area (Å²) in [6.45, 7) is 1.36. The van der Waals surface area contributed by atoms with Crippen molar-refractivity contribution in [2.24, 2.45) is 0 Å². The van der Waals surface area contributed by atoms with Crippen molar-refractivity contribution in [2.75, 3.05) is 5.75 Å². The molecule has 0 fully saturated rings. The van der Waals surface area contributed by atoms with Crippen LogP contribution in [0.25, 0.3) is 22.7 Å². The fraction of sp³-hybridized carbons (Fsp3) is 0.294. The number of alkyl halides is 7. The minimum Gasteiger partial charge on any atom is -0.435 e. The number of halogens is 7. The number of sulfone groups is 1. The van der Waals surface area contributed by atoms with Crippen LogP contribution in [-0.4, -0.2) is 36.5 Å². The first-order valence-electron chi connectivity index (χ1n) is 8.14. The van der Waals surface area contributed by atoms with E-state index in [1.807, 2.05) is 0 Å². The van der Waals surface area contributed by atoms with Crippen molar-refractivity contribution in [3.05, 3.63) is 42.1 Å². The molecule has 0 saturated heterocycles. The maximum Gasteiger partial charge on any atom is 0.435 e. The molecule has 2 aromatic heterocycles. The second kappa shape index (κ2) is 6.93. The highest BCUT2D eigenvalue weighted by Crippen LogP contribution is 2.53. The first-order valence-corrected chi connectivity index (χ1v) is 9.79. The van der Waals surface area contributed by atoms with E-state index < -0.39 is 44.9 Å². The highest BCUT2D eigenvalue weighted by molar-refractivity contribution is 7.91. The van der Waals surface area contributed by atoms with Gasteiger partial charge in [-0.05, 0) is 24.3 Å². The second-order valence-electron chi connectivity index (χ2n) is 6.11. The van der Waals surface area contributed by atoms with Crippen LogP contribution in [0.2, 0.25) is 0 Å². The van der Waals surface area contributed by atoms with Crippen LogP contribution in [0, 0.1) is 0 Å². The Bertz CT molecular complexity index is 1190. The van der Waals surface area contributed by atoms with Gasteiger partial charge in [0.25, 0.3) is 0 Å². The van der Waals surface area contributed by atoms with Crippen LogP contribution >= 0.6 is 0 Å². The molecule has 0 saturated carbocycles. The van der Waals surface area contributed by atoms with Crippen LogP contribution in [0.3, 0.4) is 0 Å². The van der Waals surface area contributed by atoms with Gasteiger partial charge < -0.3 is 4.42 Å². The zero-order valence-electron chi connectivity index (χ0n) is 14.8. The third-order valence-electron chi connectivity index (χ3n) is 4.26. The van der Waals surface area contributed by atoms with Crippen LogP contribution in [0.15, 0.2) is 45.8 Å². The minimum atomic E-state index is -6.29. The van der Waals surface area contributed by atoms with E-state index in [2.05, 4.69) is 9.97 Å². The smallest absolute Gasteiger partial charge is 0.435 e. The summed E-state index contributed by atoms with van der Waals surface area (Å²) in [6.07, 6.45) is -11.4. The predicted octanol–water partition coefficient (Wildman–Crippen LogP) is 4.97. The molecule has 0 bridgehead atoms. The number of nitrogens with zero attached hydrogens (tertiary/aromatic N) is 2. The molecule has 0 aliphatic rings. The number of hydrogen-bond donors (Lipinski definition) is 0. The quantitative estimate of drug-likeness (QED) is 0.519. The molecule has 0 spiro atoms. The summed E-state index contributed by atoms with van der Waals surface area (Å²) in [5.74, 6) is -0.768. The molecular weight excluding hydrogens is 445 g/mol. The van der Waals surface area contributed by atoms with E-state index >= 15 is 0 Å². The molecule has 30 heavy (non-hydrogen) atoms. The van der Waals surface area contributed by atoms with E-state index in [1.165, 1.54) is 25.3 Å². The van der Waals surface area contributed by atoms with E-state index in [-0.39, 0.29) is 34.0 Å². The third-order valence-corrected chi connectivity index (χ3v) is 6.02. The average Bonchev–Trinajstić information content (AvgIpc) is 3.08. The fourth-order valence-electron chi connectivity index (χ4n) is 2.69. The average molecular weight is 456 g/mol. The summed E-state index contributed by atoms with van der Waals surface area (Å²) in [4.78, 5) is 7.41. The Kier molecular flexibility index (Phi) is 5.08. The first kappa shape index (κ1) is 22.0. The van der Waals surface area contributed by atoms with Crippen LogP contribution in [-0.2, 0) is 15.5 Å². The van der Waals surface area contributed by atoms with Gasteiger partial charge in [0.1, 0.15) is 11.2 Å². The number of rotatable bonds is 4. The summed E-state index contributed by atoms with van der Waals surface area (Å²) in [6, 6.07) is 3.74. The topological polar surface area (TPSA) is 73.1 Å². The summed E-state index contributed by atoms with van der Waals surface area (Å²) in [7, 11) is -3.80. The molecule has 2 heterocycles. The zero-order valence-corrected chi connectivity index (χ0v) is 15.7. The Hall–Kier alpha value is -2.70. The minimum absolute atomic E-state index is 0.217. The molecule has 0 aliphatic carbocycles. The highest BCUT2D eigenvalue weighted by Gasteiger charge is 2.73. The van der Waals surface area contributed by atoms with Crippen molar-refractivity contribution in [3.8, 4) is 11.6 Å². The Balaban J connectivity index is 2.20. The number of pyridine rings is 1. The van der Waals surface area contributed by atoms with Crippen molar-refractivity contribution >= 4 is 20.9 Å². The SMILES string of the molecule is CCS(=O)(=O)c1cccnc1-c1nc2ccc(C(F)(C(F)(F)F)C(F)(F)F)cc2o1. The van der Waals surface area contributed by atoms with Gasteiger partial charge in [-0.1, -0.05) is 13.0 Å². The maximum atomic E-state index is 14.3.